The van der Waals surface area contributed by atoms with E-state index in [1.54, 1.807) is 36.7 Å². The summed E-state index contributed by atoms with van der Waals surface area (Å²) in [6.45, 7) is 0.117. The van der Waals surface area contributed by atoms with Gasteiger partial charge in [-0.2, -0.15) is 0 Å². The normalized spacial score (nSPS) is 11.7. The third kappa shape index (κ3) is 5.70. The van der Waals surface area contributed by atoms with E-state index in [0.29, 0.717) is 25.6 Å². The van der Waals surface area contributed by atoms with Gasteiger partial charge in [0.05, 0.1) is 22.7 Å². The Labute approximate surface area is 164 Å². The molecule has 0 aliphatic heterocycles. The fourth-order valence-electron chi connectivity index (χ4n) is 2.16. The lowest BCUT2D eigenvalue weighted by atomic mass is 10.3. The largest absolute Gasteiger partial charge is 0.366 e. The molecule has 1 aromatic carbocycles. The molecule has 0 bridgehead atoms. The summed E-state index contributed by atoms with van der Waals surface area (Å²) in [5, 5.41) is 8.12. The molecule has 2 aromatic rings. The lowest BCUT2D eigenvalue weighted by Gasteiger charge is -2.14. The Morgan fingerprint density at radius 1 is 1.08 bits per heavy atom. The van der Waals surface area contributed by atoms with Gasteiger partial charge in [-0.25, -0.2) is 0 Å². The van der Waals surface area contributed by atoms with Crippen LogP contribution in [-0.2, 0) is 9.59 Å². The SMILES string of the molecule is C[NH+](CC(=O)Nc1ccc(Cl)c(Cl)c1)CC(=O)Nc1sccc1C(N)=O. The summed E-state index contributed by atoms with van der Waals surface area (Å²) in [6.07, 6.45) is 0. The van der Waals surface area contributed by atoms with Crippen molar-refractivity contribution in [2.45, 2.75) is 0 Å². The molecule has 0 aliphatic rings. The van der Waals surface area contributed by atoms with E-state index in [1.165, 1.54) is 11.3 Å². The molecule has 5 N–H and O–H groups in total. The third-order valence-electron chi connectivity index (χ3n) is 3.31. The minimum atomic E-state index is -0.608. The second-order valence-corrected chi connectivity index (χ2v) is 7.29. The molecule has 3 amide bonds. The van der Waals surface area contributed by atoms with Crippen LogP contribution in [0.2, 0.25) is 10.0 Å². The molecule has 138 valence electrons. The van der Waals surface area contributed by atoms with Crippen molar-refractivity contribution >= 4 is 62.9 Å². The van der Waals surface area contributed by atoms with Crippen LogP contribution in [0.15, 0.2) is 29.6 Å². The Balaban J connectivity index is 1.85. The first-order chi connectivity index (χ1) is 12.3. The van der Waals surface area contributed by atoms with Crippen LogP contribution < -0.4 is 21.3 Å². The van der Waals surface area contributed by atoms with Gasteiger partial charge < -0.3 is 21.3 Å². The molecular weight excluding hydrogens is 399 g/mol. The maximum atomic E-state index is 12.1. The van der Waals surface area contributed by atoms with E-state index in [2.05, 4.69) is 10.6 Å². The number of primary amides is 1. The van der Waals surface area contributed by atoms with E-state index in [9.17, 15) is 14.4 Å². The summed E-state index contributed by atoms with van der Waals surface area (Å²) in [6, 6.07) is 6.31. The van der Waals surface area contributed by atoms with Crippen LogP contribution in [0.4, 0.5) is 10.7 Å². The quantitative estimate of drug-likeness (QED) is 0.546. The number of rotatable bonds is 7. The Kier molecular flexibility index (Phi) is 6.98. The first-order valence-electron chi connectivity index (χ1n) is 7.49. The number of benzene rings is 1. The number of thiophene rings is 1. The van der Waals surface area contributed by atoms with Gasteiger partial charge in [0, 0.05) is 5.69 Å². The zero-order valence-electron chi connectivity index (χ0n) is 13.8. The lowest BCUT2D eigenvalue weighted by molar-refractivity contribution is -0.862. The summed E-state index contributed by atoms with van der Waals surface area (Å²) >= 11 is 12.9. The number of nitrogens with two attached hydrogens (primary N) is 1. The number of carbonyl (C=O) groups is 3. The van der Waals surface area contributed by atoms with Crippen LogP contribution >= 0.6 is 34.5 Å². The molecule has 0 saturated heterocycles. The highest BCUT2D eigenvalue weighted by atomic mass is 35.5. The molecule has 7 nitrogen and oxygen atoms in total. The second kappa shape index (κ2) is 9.00. The van der Waals surface area contributed by atoms with Crippen molar-refractivity contribution in [2.75, 3.05) is 30.8 Å². The van der Waals surface area contributed by atoms with Crippen LogP contribution in [0.3, 0.4) is 0 Å². The van der Waals surface area contributed by atoms with Gasteiger partial charge in [0.15, 0.2) is 13.1 Å². The van der Waals surface area contributed by atoms with E-state index in [1.807, 2.05) is 0 Å². The van der Waals surface area contributed by atoms with Gasteiger partial charge in [-0.15, -0.1) is 11.3 Å². The number of anilines is 2. The fourth-order valence-corrected chi connectivity index (χ4v) is 3.27. The molecule has 1 aromatic heterocycles. The lowest BCUT2D eigenvalue weighted by Crippen LogP contribution is -3.11. The Morgan fingerprint density at radius 3 is 2.35 bits per heavy atom. The maximum absolute atomic E-state index is 12.1. The Bertz CT molecular complexity index is 841. The second-order valence-electron chi connectivity index (χ2n) is 5.56. The minimum Gasteiger partial charge on any atom is -0.366 e. The molecule has 1 heterocycles. The van der Waals surface area contributed by atoms with Crippen molar-refractivity contribution in [2.24, 2.45) is 5.73 Å². The number of carbonyl (C=O) groups excluding carboxylic acids is 3. The first kappa shape index (κ1) is 20.2. The molecule has 1 atom stereocenters. The first-order valence-corrected chi connectivity index (χ1v) is 9.13. The van der Waals surface area contributed by atoms with Gasteiger partial charge in [0.25, 0.3) is 17.7 Å². The maximum Gasteiger partial charge on any atom is 0.280 e. The van der Waals surface area contributed by atoms with Gasteiger partial charge in [-0.3, -0.25) is 14.4 Å². The summed E-state index contributed by atoms with van der Waals surface area (Å²) in [5.74, 6) is -1.21. The van der Waals surface area contributed by atoms with Gasteiger partial charge >= 0.3 is 0 Å². The average Bonchev–Trinajstić information content (AvgIpc) is 2.98. The Hall–Kier alpha value is -2.13. The highest BCUT2D eigenvalue weighted by molar-refractivity contribution is 7.14. The smallest absolute Gasteiger partial charge is 0.280 e. The molecule has 2 rings (SSSR count). The molecule has 1 unspecified atom stereocenters. The van der Waals surface area contributed by atoms with Gasteiger partial charge in [-0.05, 0) is 29.6 Å². The molecule has 0 aliphatic carbocycles. The highest BCUT2D eigenvalue weighted by Crippen LogP contribution is 2.25. The van der Waals surface area contributed by atoms with E-state index in [-0.39, 0.29) is 30.5 Å². The van der Waals surface area contributed by atoms with E-state index in [0.717, 1.165) is 0 Å². The van der Waals surface area contributed by atoms with E-state index in [4.69, 9.17) is 28.9 Å². The van der Waals surface area contributed by atoms with Crippen molar-refractivity contribution in [3.8, 4) is 0 Å². The van der Waals surface area contributed by atoms with Crippen molar-refractivity contribution in [1.82, 2.24) is 0 Å². The number of likely N-dealkylation sites (N-methyl/N-ethyl adjacent to an activating group) is 1. The van der Waals surface area contributed by atoms with Crippen LogP contribution in [0.1, 0.15) is 10.4 Å². The average molecular weight is 416 g/mol. The zero-order chi connectivity index (χ0) is 19.3. The van der Waals surface area contributed by atoms with Crippen molar-refractivity contribution < 1.29 is 19.3 Å². The number of quaternary nitrogens is 1. The van der Waals surface area contributed by atoms with Crippen LogP contribution in [0, 0.1) is 0 Å². The molecular formula is C16H17Cl2N4O3S+. The Morgan fingerprint density at radius 2 is 1.73 bits per heavy atom. The van der Waals surface area contributed by atoms with Crippen molar-refractivity contribution in [3.63, 3.8) is 0 Å². The van der Waals surface area contributed by atoms with Crippen molar-refractivity contribution in [1.29, 1.82) is 0 Å². The third-order valence-corrected chi connectivity index (χ3v) is 4.88. The number of nitrogens with one attached hydrogen (secondary N) is 3. The van der Waals surface area contributed by atoms with E-state index < -0.39 is 5.91 Å². The topological polar surface area (TPSA) is 106 Å². The molecule has 0 fully saturated rings. The highest BCUT2D eigenvalue weighted by Gasteiger charge is 2.17. The number of halogens is 2. The molecule has 26 heavy (non-hydrogen) atoms. The van der Waals surface area contributed by atoms with Crippen molar-refractivity contribution in [3.05, 3.63) is 45.3 Å². The van der Waals surface area contributed by atoms with Gasteiger partial charge in [-0.1, -0.05) is 23.2 Å². The molecule has 0 radical (unpaired) electrons. The predicted octanol–water partition coefficient (Wildman–Crippen LogP) is 1.25. The molecule has 0 spiro atoms. The monoisotopic (exact) mass is 415 g/mol. The summed E-state index contributed by atoms with van der Waals surface area (Å²) in [5.41, 5.74) is 6.02. The standard InChI is InChI=1S/C16H16Cl2N4O3S/c1-22(7-13(23)20-9-2-3-11(17)12(18)6-9)8-14(24)21-16-10(15(19)25)4-5-26-16/h2-6H,7-8H2,1H3,(H2,19,25)(H,20,23)(H,21,24)/p+1. The summed E-state index contributed by atoms with van der Waals surface area (Å²) in [4.78, 5) is 36.1. The number of hydrogen-bond donors (Lipinski definition) is 4. The number of hydrogen-bond acceptors (Lipinski definition) is 4. The van der Waals surface area contributed by atoms with E-state index >= 15 is 0 Å². The molecule has 0 saturated carbocycles. The minimum absolute atomic E-state index is 0.0465. The summed E-state index contributed by atoms with van der Waals surface area (Å²) < 4.78 is 0. The number of amides is 3. The predicted molar refractivity (Wildman–Crippen MR) is 103 cm³/mol. The van der Waals surface area contributed by atoms with Gasteiger partial charge in [0.2, 0.25) is 0 Å². The van der Waals surface area contributed by atoms with Crippen LogP contribution in [0.5, 0.6) is 0 Å². The summed E-state index contributed by atoms with van der Waals surface area (Å²) in [7, 11) is 1.71. The van der Waals surface area contributed by atoms with Crippen LogP contribution in [-0.4, -0.2) is 37.9 Å². The van der Waals surface area contributed by atoms with Crippen LogP contribution in [0.25, 0.3) is 0 Å². The van der Waals surface area contributed by atoms with Gasteiger partial charge in [0.1, 0.15) is 5.00 Å². The fraction of sp³-hybridized carbons (Fsp3) is 0.188. The molecule has 10 heteroatoms. The zero-order valence-corrected chi connectivity index (χ0v) is 16.1.